The van der Waals surface area contributed by atoms with E-state index in [0.717, 1.165) is 17.8 Å². The van der Waals surface area contributed by atoms with Crippen molar-refractivity contribution in [3.8, 4) is 5.88 Å². The Hall–Kier alpha value is -1.36. The van der Waals surface area contributed by atoms with E-state index in [0.29, 0.717) is 12.5 Å². The molecule has 0 amide bonds. The molecule has 1 unspecified atom stereocenters. The number of hydrogen-bond donors (Lipinski definition) is 1. The molecule has 1 aromatic rings. The van der Waals surface area contributed by atoms with Gasteiger partial charge in [-0.15, -0.1) is 0 Å². The van der Waals surface area contributed by atoms with Crippen LogP contribution in [0, 0.1) is 6.92 Å². The normalized spacial score (nSPS) is 12.2. The quantitative estimate of drug-likeness (QED) is 0.797. The van der Waals surface area contributed by atoms with Gasteiger partial charge in [-0.25, -0.2) is 9.97 Å². The second kappa shape index (κ2) is 6.27. The third-order valence-corrected chi connectivity index (χ3v) is 2.43. The number of rotatable bonds is 6. The lowest BCUT2D eigenvalue weighted by molar-refractivity contribution is 0.184. The van der Waals surface area contributed by atoms with Crippen LogP contribution in [-0.2, 0) is 4.74 Å². The van der Waals surface area contributed by atoms with E-state index in [4.69, 9.17) is 9.47 Å². The summed E-state index contributed by atoms with van der Waals surface area (Å²) >= 11 is 0. The van der Waals surface area contributed by atoms with Crippen molar-refractivity contribution in [1.29, 1.82) is 0 Å². The van der Waals surface area contributed by atoms with E-state index in [2.05, 4.69) is 22.2 Å². The van der Waals surface area contributed by atoms with Gasteiger partial charge in [0.1, 0.15) is 12.1 Å². The minimum Gasteiger partial charge on any atom is -0.481 e. The molecule has 0 bridgehead atoms. The molecule has 0 aliphatic rings. The van der Waals surface area contributed by atoms with Crippen LogP contribution in [0.25, 0.3) is 0 Å². The summed E-state index contributed by atoms with van der Waals surface area (Å²) in [5.74, 6) is 1.40. The predicted molar refractivity (Wildman–Crippen MR) is 62.9 cm³/mol. The minimum atomic E-state index is 0.253. The highest BCUT2D eigenvalue weighted by atomic mass is 16.5. The largest absolute Gasteiger partial charge is 0.481 e. The van der Waals surface area contributed by atoms with E-state index in [1.54, 1.807) is 14.2 Å². The van der Waals surface area contributed by atoms with Crippen LogP contribution in [0.4, 0.5) is 5.82 Å². The van der Waals surface area contributed by atoms with Crippen molar-refractivity contribution in [3.05, 3.63) is 11.9 Å². The Morgan fingerprint density at radius 1 is 1.38 bits per heavy atom. The second-order valence-corrected chi connectivity index (χ2v) is 3.56. The van der Waals surface area contributed by atoms with Gasteiger partial charge in [-0.2, -0.15) is 0 Å². The maximum atomic E-state index is 5.14. The van der Waals surface area contributed by atoms with Gasteiger partial charge in [-0.05, 0) is 13.3 Å². The van der Waals surface area contributed by atoms with Gasteiger partial charge in [-0.1, -0.05) is 6.92 Å². The van der Waals surface area contributed by atoms with Crippen molar-refractivity contribution in [2.75, 3.05) is 26.1 Å². The first kappa shape index (κ1) is 12.7. The maximum absolute atomic E-state index is 5.14. The maximum Gasteiger partial charge on any atom is 0.221 e. The van der Waals surface area contributed by atoms with Crippen LogP contribution in [0.2, 0.25) is 0 Å². The summed E-state index contributed by atoms with van der Waals surface area (Å²) in [5.41, 5.74) is 0.916. The van der Waals surface area contributed by atoms with E-state index in [9.17, 15) is 0 Å². The van der Waals surface area contributed by atoms with Crippen LogP contribution in [0.3, 0.4) is 0 Å². The number of nitrogens with zero attached hydrogens (tertiary/aromatic N) is 2. The fraction of sp³-hybridized carbons (Fsp3) is 0.636. The van der Waals surface area contributed by atoms with Gasteiger partial charge >= 0.3 is 0 Å². The van der Waals surface area contributed by atoms with Crippen molar-refractivity contribution >= 4 is 5.82 Å². The first-order chi connectivity index (χ1) is 7.72. The molecular formula is C11H19N3O2. The SMILES string of the molecule is CCC(COC)Nc1ncnc(OC)c1C. The highest BCUT2D eigenvalue weighted by molar-refractivity contribution is 5.48. The van der Waals surface area contributed by atoms with Gasteiger partial charge in [0.05, 0.1) is 25.3 Å². The number of nitrogens with one attached hydrogen (secondary N) is 1. The first-order valence-corrected chi connectivity index (χ1v) is 5.34. The zero-order valence-corrected chi connectivity index (χ0v) is 10.3. The number of hydrogen-bond acceptors (Lipinski definition) is 5. The molecule has 1 heterocycles. The van der Waals surface area contributed by atoms with Gasteiger partial charge in [0, 0.05) is 7.11 Å². The minimum absolute atomic E-state index is 0.253. The molecule has 1 atom stereocenters. The zero-order chi connectivity index (χ0) is 12.0. The Balaban J connectivity index is 2.79. The molecule has 0 spiro atoms. The van der Waals surface area contributed by atoms with Gasteiger partial charge in [-0.3, -0.25) is 0 Å². The molecule has 1 N–H and O–H groups in total. The Labute approximate surface area is 96.2 Å². The molecule has 0 saturated heterocycles. The number of ether oxygens (including phenoxy) is 2. The first-order valence-electron chi connectivity index (χ1n) is 5.34. The van der Waals surface area contributed by atoms with E-state index in [1.807, 2.05) is 6.92 Å². The molecule has 16 heavy (non-hydrogen) atoms. The predicted octanol–water partition coefficient (Wildman–Crippen LogP) is 1.63. The van der Waals surface area contributed by atoms with E-state index in [1.165, 1.54) is 6.33 Å². The van der Waals surface area contributed by atoms with Gasteiger partial charge in [0.25, 0.3) is 0 Å². The zero-order valence-electron chi connectivity index (χ0n) is 10.3. The third-order valence-electron chi connectivity index (χ3n) is 2.43. The number of anilines is 1. The van der Waals surface area contributed by atoms with Crippen LogP contribution < -0.4 is 10.1 Å². The Morgan fingerprint density at radius 2 is 2.12 bits per heavy atom. The highest BCUT2D eigenvalue weighted by Crippen LogP contribution is 2.20. The van der Waals surface area contributed by atoms with E-state index < -0.39 is 0 Å². The third kappa shape index (κ3) is 3.06. The molecule has 5 nitrogen and oxygen atoms in total. The van der Waals surface area contributed by atoms with E-state index in [-0.39, 0.29) is 6.04 Å². The van der Waals surface area contributed by atoms with Crippen LogP contribution >= 0.6 is 0 Å². The smallest absolute Gasteiger partial charge is 0.221 e. The van der Waals surface area contributed by atoms with Crippen molar-refractivity contribution in [2.45, 2.75) is 26.3 Å². The summed E-state index contributed by atoms with van der Waals surface area (Å²) in [7, 11) is 3.29. The van der Waals surface area contributed by atoms with Crippen molar-refractivity contribution < 1.29 is 9.47 Å². The molecule has 90 valence electrons. The summed E-state index contributed by atoms with van der Waals surface area (Å²) in [6.07, 6.45) is 2.47. The monoisotopic (exact) mass is 225 g/mol. The van der Waals surface area contributed by atoms with Gasteiger partial charge < -0.3 is 14.8 Å². The standard InChI is InChI=1S/C11H19N3O2/c1-5-9(6-15-3)14-10-8(2)11(16-4)13-7-12-10/h7,9H,5-6H2,1-4H3,(H,12,13,14). The average Bonchev–Trinajstić information content (AvgIpc) is 2.31. The topological polar surface area (TPSA) is 56.3 Å². The second-order valence-electron chi connectivity index (χ2n) is 3.56. The van der Waals surface area contributed by atoms with Gasteiger partial charge in [0.2, 0.25) is 5.88 Å². The lowest BCUT2D eigenvalue weighted by Crippen LogP contribution is -2.25. The van der Waals surface area contributed by atoms with Crippen LogP contribution in [0.1, 0.15) is 18.9 Å². The molecule has 1 rings (SSSR count). The molecular weight excluding hydrogens is 206 g/mol. The molecule has 0 aromatic carbocycles. The van der Waals surface area contributed by atoms with Crippen molar-refractivity contribution in [1.82, 2.24) is 9.97 Å². The summed E-state index contributed by atoms with van der Waals surface area (Å²) in [4.78, 5) is 8.23. The van der Waals surface area contributed by atoms with Crippen molar-refractivity contribution in [2.24, 2.45) is 0 Å². The highest BCUT2D eigenvalue weighted by Gasteiger charge is 2.11. The molecule has 0 saturated carbocycles. The van der Waals surface area contributed by atoms with Crippen LogP contribution in [0.15, 0.2) is 6.33 Å². The van der Waals surface area contributed by atoms with Crippen molar-refractivity contribution in [3.63, 3.8) is 0 Å². The molecule has 5 heteroatoms. The number of aromatic nitrogens is 2. The Morgan fingerprint density at radius 3 is 2.69 bits per heavy atom. The Kier molecular flexibility index (Phi) is 4.98. The average molecular weight is 225 g/mol. The molecule has 0 fully saturated rings. The molecule has 0 aliphatic heterocycles. The van der Waals surface area contributed by atoms with Crippen LogP contribution in [-0.4, -0.2) is 36.8 Å². The molecule has 0 aliphatic carbocycles. The summed E-state index contributed by atoms with van der Waals surface area (Å²) in [6.45, 7) is 4.69. The number of methoxy groups -OCH3 is 2. The van der Waals surface area contributed by atoms with E-state index >= 15 is 0 Å². The lowest BCUT2D eigenvalue weighted by Gasteiger charge is -2.18. The summed E-state index contributed by atoms with van der Waals surface area (Å²) in [5, 5.41) is 3.32. The molecule has 0 radical (unpaired) electrons. The van der Waals surface area contributed by atoms with Crippen LogP contribution in [0.5, 0.6) is 5.88 Å². The fourth-order valence-corrected chi connectivity index (χ4v) is 1.44. The fourth-order valence-electron chi connectivity index (χ4n) is 1.44. The van der Waals surface area contributed by atoms with Gasteiger partial charge in [0.15, 0.2) is 0 Å². The Bertz CT molecular complexity index is 331. The summed E-state index contributed by atoms with van der Waals surface area (Å²) < 4.78 is 10.3. The lowest BCUT2D eigenvalue weighted by atomic mass is 10.2. The molecule has 1 aromatic heterocycles. The summed E-state index contributed by atoms with van der Waals surface area (Å²) in [6, 6.07) is 0.253.